The molecule has 1 amide bonds. The Bertz CT molecular complexity index is 501. The van der Waals surface area contributed by atoms with Crippen LogP contribution in [0.4, 0.5) is 5.69 Å². The number of nitrogens with two attached hydrogens (primary N) is 1. The molecule has 2 unspecified atom stereocenters. The second kappa shape index (κ2) is 7.17. The van der Waals surface area contributed by atoms with Gasteiger partial charge in [-0.2, -0.15) is 0 Å². The highest BCUT2D eigenvalue weighted by Crippen LogP contribution is 2.23. The van der Waals surface area contributed by atoms with E-state index in [4.69, 9.17) is 5.73 Å². The summed E-state index contributed by atoms with van der Waals surface area (Å²) in [6.45, 7) is 0.600. The molecule has 1 aromatic carbocycles. The Morgan fingerprint density at radius 2 is 1.95 bits per heavy atom. The van der Waals surface area contributed by atoms with Gasteiger partial charge < -0.3 is 11.1 Å². The van der Waals surface area contributed by atoms with Crippen LogP contribution in [0.25, 0.3) is 0 Å². The van der Waals surface area contributed by atoms with E-state index in [1.165, 1.54) is 18.6 Å². The van der Waals surface area contributed by atoms with Crippen LogP contribution in [0, 0.1) is 16.0 Å². The first-order valence-electron chi connectivity index (χ1n) is 7.33. The highest BCUT2D eigenvalue weighted by atomic mass is 16.6. The van der Waals surface area contributed by atoms with Gasteiger partial charge in [-0.3, -0.25) is 14.9 Å². The monoisotopic (exact) mass is 291 g/mol. The Morgan fingerprint density at radius 3 is 2.57 bits per heavy atom. The molecule has 0 bridgehead atoms. The molecular formula is C15H21N3O3. The Hall–Kier alpha value is -1.95. The Morgan fingerprint density at radius 1 is 1.29 bits per heavy atom. The zero-order chi connectivity index (χ0) is 15.2. The lowest BCUT2D eigenvalue weighted by molar-refractivity contribution is -0.384. The van der Waals surface area contributed by atoms with Crippen molar-refractivity contribution < 1.29 is 9.72 Å². The van der Waals surface area contributed by atoms with E-state index in [0.29, 0.717) is 12.5 Å². The van der Waals surface area contributed by atoms with Crippen molar-refractivity contribution in [2.75, 3.05) is 6.54 Å². The number of non-ortho nitro benzene ring substituents is 1. The molecule has 2 rings (SSSR count). The highest BCUT2D eigenvalue weighted by molar-refractivity contribution is 5.79. The van der Waals surface area contributed by atoms with Crippen molar-refractivity contribution in [3.8, 4) is 0 Å². The number of hydrogen-bond acceptors (Lipinski definition) is 4. The summed E-state index contributed by atoms with van der Waals surface area (Å²) in [5, 5.41) is 13.6. The number of amides is 1. The Kier molecular flexibility index (Phi) is 5.27. The predicted octanol–water partition coefficient (Wildman–Crippen LogP) is 1.77. The van der Waals surface area contributed by atoms with Crippen molar-refractivity contribution in [1.29, 1.82) is 0 Å². The first-order valence-corrected chi connectivity index (χ1v) is 7.33. The summed E-state index contributed by atoms with van der Waals surface area (Å²) in [7, 11) is 0. The molecule has 1 aromatic rings. The number of benzene rings is 1. The van der Waals surface area contributed by atoms with E-state index in [1.54, 1.807) is 12.1 Å². The molecule has 6 heteroatoms. The molecule has 0 aliphatic heterocycles. The molecular weight excluding hydrogens is 270 g/mol. The number of rotatable bonds is 5. The first kappa shape index (κ1) is 15.4. The quantitative estimate of drug-likeness (QED) is 0.638. The van der Waals surface area contributed by atoms with E-state index in [0.717, 1.165) is 24.8 Å². The second-order valence-electron chi connectivity index (χ2n) is 5.55. The standard InChI is InChI=1S/C15H21N3O3/c16-10-12-3-1-2-4-14(12)17-15(19)9-11-5-7-13(8-6-11)18(20)21/h5-8,12,14H,1-4,9-10,16H2,(H,17,19). The number of carbonyl (C=O) groups excluding carboxylic acids is 1. The van der Waals surface area contributed by atoms with Crippen LogP contribution < -0.4 is 11.1 Å². The van der Waals surface area contributed by atoms with Crippen LogP contribution in [0.5, 0.6) is 0 Å². The molecule has 0 saturated heterocycles. The van der Waals surface area contributed by atoms with Crippen molar-refractivity contribution in [2.45, 2.75) is 38.1 Å². The third-order valence-electron chi connectivity index (χ3n) is 4.07. The molecule has 0 aromatic heterocycles. The van der Waals surface area contributed by atoms with E-state index < -0.39 is 4.92 Å². The molecule has 1 aliphatic rings. The van der Waals surface area contributed by atoms with Crippen LogP contribution >= 0.6 is 0 Å². The van der Waals surface area contributed by atoms with Gasteiger partial charge in [0, 0.05) is 18.2 Å². The maximum absolute atomic E-state index is 12.1. The van der Waals surface area contributed by atoms with Crippen molar-refractivity contribution in [3.05, 3.63) is 39.9 Å². The maximum Gasteiger partial charge on any atom is 0.269 e. The molecule has 6 nitrogen and oxygen atoms in total. The minimum atomic E-state index is -0.447. The van der Waals surface area contributed by atoms with Crippen molar-refractivity contribution in [3.63, 3.8) is 0 Å². The summed E-state index contributed by atoms with van der Waals surface area (Å²) in [6.07, 6.45) is 4.59. The van der Waals surface area contributed by atoms with Crippen LogP contribution in [0.15, 0.2) is 24.3 Å². The number of nitro groups is 1. The summed E-state index contributed by atoms with van der Waals surface area (Å²) in [4.78, 5) is 22.2. The fraction of sp³-hybridized carbons (Fsp3) is 0.533. The summed E-state index contributed by atoms with van der Waals surface area (Å²) in [5.74, 6) is 0.314. The number of nitrogens with one attached hydrogen (secondary N) is 1. The molecule has 3 N–H and O–H groups in total. The number of nitro benzene ring substituents is 1. The van der Waals surface area contributed by atoms with Gasteiger partial charge in [0.25, 0.3) is 5.69 Å². The molecule has 0 radical (unpaired) electrons. The summed E-state index contributed by atoms with van der Waals surface area (Å²) in [5.41, 5.74) is 6.56. The highest BCUT2D eigenvalue weighted by Gasteiger charge is 2.25. The van der Waals surface area contributed by atoms with Crippen LogP contribution in [0.2, 0.25) is 0 Å². The van der Waals surface area contributed by atoms with Gasteiger partial charge >= 0.3 is 0 Å². The van der Waals surface area contributed by atoms with E-state index in [-0.39, 0.29) is 24.1 Å². The van der Waals surface area contributed by atoms with Crippen molar-refractivity contribution in [1.82, 2.24) is 5.32 Å². The molecule has 1 fully saturated rings. The second-order valence-corrected chi connectivity index (χ2v) is 5.55. The predicted molar refractivity (Wildman–Crippen MR) is 79.7 cm³/mol. The van der Waals surface area contributed by atoms with Crippen LogP contribution in [-0.2, 0) is 11.2 Å². The molecule has 0 spiro atoms. The molecule has 1 aliphatic carbocycles. The normalized spacial score (nSPS) is 21.8. The molecule has 1 saturated carbocycles. The fourth-order valence-corrected chi connectivity index (χ4v) is 2.86. The SMILES string of the molecule is NCC1CCCCC1NC(=O)Cc1ccc([N+](=O)[O-])cc1. The Balaban J connectivity index is 1.90. The van der Waals surface area contributed by atoms with E-state index in [2.05, 4.69) is 5.32 Å². The van der Waals surface area contributed by atoms with Crippen molar-refractivity contribution >= 4 is 11.6 Å². The summed E-state index contributed by atoms with van der Waals surface area (Å²) < 4.78 is 0. The largest absolute Gasteiger partial charge is 0.353 e. The number of nitrogens with zero attached hydrogens (tertiary/aromatic N) is 1. The summed E-state index contributed by atoms with van der Waals surface area (Å²) >= 11 is 0. The minimum Gasteiger partial charge on any atom is -0.353 e. The van der Waals surface area contributed by atoms with Crippen molar-refractivity contribution in [2.24, 2.45) is 11.7 Å². The van der Waals surface area contributed by atoms with Gasteiger partial charge in [0.1, 0.15) is 0 Å². The number of hydrogen-bond donors (Lipinski definition) is 2. The average molecular weight is 291 g/mol. The van der Waals surface area contributed by atoms with Crippen LogP contribution in [0.3, 0.4) is 0 Å². The van der Waals surface area contributed by atoms with Gasteiger partial charge in [-0.1, -0.05) is 25.0 Å². The van der Waals surface area contributed by atoms with Gasteiger partial charge in [-0.05, 0) is 30.9 Å². The maximum atomic E-state index is 12.1. The zero-order valence-electron chi connectivity index (χ0n) is 12.0. The lowest BCUT2D eigenvalue weighted by Gasteiger charge is -2.31. The first-order chi connectivity index (χ1) is 10.1. The summed E-state index contributed by atoms with van der Waals surface area (Å²) in [6, 6.07) is 6.25. The van der Waals surface area contributed by atoms with E-state index >= 15 is 0 Å². The van der Waals surface area contributed by atoms with Gasteiger partial charge in [0.05, 0.1) is 11.3 Å². The zero-order valence-corrected chi connectivity index (χ0v) is 12.0. The van der Waals surface area contributed by atoms with E-state index in [9.17, 15) is 14.9 Å². The lowest BCUT2D eigenvalue weighted by atomic mass is 9.84. The molecule has 2 atom stereocenters. The van der Waals surface area contributed by atoms with E-state index in [1.807, 2.05) is 0 Å². The third kappa shape index (κ3) is 4.26. The van der Waals surface area contributed by atoms with Gasteiger partial charge in [-0.15, -0.1) is 0 Å². The Labute approximate surface area is 123 Å². The smallest absolute Gasteiger partial charge is 0.269 e. The molecule has 114 valence electrons. The van der Waals surface area contributed by atoms with Crippen LogP contribution in [-0.4, -0.2) is 23.4 Å². The van der Waals surface area contributed by atoms with Gasteiger partial charge in [0.15, 0.2) is 0 Å². The van der Waals surface area contributed by atoms with Crippen LogP contribution in [0.1, 0.15) is 31.2 Å². The molecule has 0 heterocycles. The minimum absolute atomic E-state index is 0.0367. The van der Waals surface area contributed by atoms with Gasteiger partial charge in [0.2, 0.25) is 5.91 Å². The average Bonchev–Trinajstić information content (AvgIpc) is 2.48. The van der Waals surface area contributed by atoms with Gasteiger partial charge in [-0.25, -0.2) is 0 Å². The lowest BCUT2D eigenvalue weighted by Crippen LogP contribution is -2.45. The third-order valence-corrected chi connectivity index (χ3v) is 4.07. The molecule has 21 heavy (non-hydrogen) atoms. The fourth-order valence-electron chi connectivity index (χ4n) is 2.86. The topological polar surface area (TPSA) is 98.3 Å². The number of carbonyl (C=O) groups is 1.